The summed E-state index contributed by atoms with van der Waals surface area (Å²) >= 11 is 1.58. The van der Waals surface area contributed by atoms with Crippen molar-refractivity contribution in [3.63, 3.8) is 0 Å². The second-order valence-electron chi connectivity index (χ2n) is 4.45. The molecule has 0 N–H and O–H groups in total. The number of aromatic nitrogens is 1. The summed E-state index contributed by atoms with van der Waals surface area (Å²) in [5, 5.41) is 1.96. The van der Waals surface area contributed by atoms with Crippen LogP contribution in [-0.2, 0) is 6.54 Å². The maximum atomic E-state index is 13.6. The zero-order chi connectivity index (χ0) is 13.8. The van der Waals surface area contributed by atoms with Gasteiger partial charge >= 0.3 is 0 Å². The van der Waals surface area contributed by atoms with Crippen molar-refractivity contribution in [2.75, 3.05) is 0 Å². The van der Waals surface area contributed by atoms with E-state index in [-0.39, 0.29) is 17.5 Å². The summed E-state index contributed by atoms with van der Waals surface area (Å²) in [6.45, 7) is 4.32. The number of carbonyl (C=O) groups is 1. The molecule has 100 valence electrons. The minimum Gasteiger partial charge on any atom is -0.331 e. The Labute approximate surface area is 115 Å². The van der Waals surface area contributed by atoms with Gasteiger partial charge in [-0.25, -0.2) is 4.98 Å². The van der Waals surface area contributed by atoms with Gasteiger partial charge in [0, 0.05) is 17.1 Å². The molecule has 3 nitrogen and oxygen atoms in total. The zero-order valence-corrected chi connectivity index (χ0v) is 11.7. The van der Waals surface area contributed by atoms with Gasteiger partial charge < -0.3 is 4.90 Å². The first-order valence-corrected chi connectivity index (χ1v) is 6.91. The van der Waals surface area contributed by atoms with Gasteiger partial charge in [0.25, 0.3) is 5.91 Å². The third kappa shape index (κ3) is 3.17. The summed E-state index contributed by atoms with van der Waals surface area (Å²) in [7, 11) is 0. The highest BCUT2D eigenvalue weighted by Gasteiger charge is 2.22. The third-order valence-electron chi connectivity index (χ3n) is 2.78. The zero-order valence-electron chi connectivity index (χ0n) is 10.8. The van der Waals surface area contributed by atoms with E-state index >= 15 is 0 Å². The number of hydrogen-bond donors (Lipinski definition) is 0. The van der Waals surface area contributed by atoms with Crippen LogP contribution in [-0.4, -0.2) is 21.8 Å². The maximum Gasteiger partial charge on any atom is 0.259 e. The normalized spacial score (nSPS) is 10.7. The van der Waals surface area contributed by atoms with Gasteiger partial charge in [0.05, 0.1) is 12.1 Å². The number of rotatable bonds is 4. The molecular formula is C14H15FN2OS. The standard InChI is InChI=1S/C14H15FN2OS/c1-10(2)17(9-11-5-4-8-19-11)14(18)12-6-3-7-16-13(12)15/h3-8,10H,9H2,1-2H3. The predicted molar refractivity (Wildman–Crippen MR) is 73.5 cm³/mol. The van der Waals surface area contributed by atoms with Crippen LogP contribution in [0.4, 0.5) is 4.39 Å². The van der Waals surface area contributed by atoms with Crippen molar-refractivity contribution in [1.82, 2.24) is 9.88 Å². The summed E-state index contributed by atoms with van der Waals surface area (Å²) in [6, 6.07) is 6.93. The fourth-order valence-electron chi connectivity index (χ4n) is 1.76. The number of nitrogens with zero attached hydrogens (tertiary/aromatic N) is 2. The molecule has 0 fully saturated rings. The molecule has 1 amide bonds. The van der Waals surface area contributed by atoms with Crippen LogP contribution >= 0.6 is 11.3 Å². The minimum atomic E-state index is -0.718. The van der Waals surface area contributed by atoms with E-state index in [0.717, 1.165) is 4.88 Å². The first-order valence-electron chi connectivity index (χ1n) is 6.03. The van der Waals surface area contributed by atoms with Crippen molar-refractivity contribution in [3.05, 3.63) is 52.2 Å². The molecule has 0 saturated carbocycles. The quantitative estimate of drug-likeness (QED) is 0.804. The summed E-state index contributed by atoms with van der Waals surface area (Å²) < 4.78 is 13.6. The van der Waals surface area contributed by atoms with Crippen molar-refractivity contribution >= 4 is 17.2 Å². The Hall–Kier alpha value is -1.75. The van der Waals surface area contributed by atoms with Crippen molar-refractivity contribution in [2.24, 2.45) is 0 Å². The van der Waals surface area contributed by atoms with Crippen LogP contribution in [0.1, 0.15) is 29.1 Å². The lowest BCUT2D eigenvalue weighted by atomic mass is 10.2. The molecule has 0 saturated heterocycles. The maximum absolute atomic E-state index is 13.6. The Kier molecular flexibility index (Phi) is 4.27. The molecule has 0 bridgehead atoms. The Balaban J connectivity index is 2.24. The monoisotopic (exact) mass is 278 g/mol. The molecule has 0 aliphatic rings. The van der Waals surface area contributed by atoms with E-state index < -0.39 is 5.95 Å². The van der Waals surface area contributed by atoms with E-state index in [1.807, 2.05) is 31.4 Å². The number of amides is 1. The second-order valence-corrected chi connectivity index (χ2v) is 5.48. The molecule has 0 aliphatic carbocycles. The van der Waals surface area contributed by atoms with Crippen LogP contribution in [0, 0.1) is 5.95 Å². The fraction of sp³-hybridized carbons (Fsp3) is 0.286. The van der Waals surface area contributed by atoms with Gasteiger partial charge in [-0.1, -0.05) is 6.07 Å². The van der Waals surface area contributed by atoms with Gasteiger partial charge in [-0.15, -0.1) is 11.3 Å². The number of halogens is 1. The van der Waals surface area contributed by atoms with E-state index in [0.29, 0.717) is 6.54 Å². The minimum absolute atomic E-state index is 0.00536. The number of carbonyl (C=O) groups excluding carboxylic acids is 1. The van der Waals surface area contributed by atoms with E-state index in [9.17, 15) is 9.18 Å². The van der Waals surface area contributed by atoms with E-state index in [1.165, 1.54) is 12.3 Å². The van der Waals surface area contributed by atoms with E-state index in [2.05, 4.69) is 4.98 Å². The lowest BCUT2D eigenvalue weighted by molar-refractivity contribution is 0.0686. The molecule has 0 radical (unpaired) electrons. The molecule has 0 unspecified atom stereocenters. The average Bonchev–Trinajstić information content (AvgIpc) is 2.88. The highest BCUT2D eigenvalue weighted by Crippen LogP contribution is 2.17. The Morgan fingerprint density at radius 3 is 2.79 bits per heavy atom. The fourth-order valence-corrected chi connectivity index (χ4v) is 2.46. The van der Waals surface area contributed by atoms with Gasteiger partial charge in [-0.2, -0.15) is 4.39 Å². The van der Waals surface area contributed by atoms with Crippen molar-refractivity contribution < 1.29 is 9.18 Å². The molecule has 0 spiro atoms. The van der Waals surface area contributed by atoms with Gasteiger partial charge in [0.1, 0.15) is 0 Å². The van der Waals surface area contributed by atoms with Crippen LogP contribution < -0.4 is 0 Å². The first-order chi connectivity index (χ1) is 9.09. The third-order valence-corrected chi connectivity index (χ3v) is 3.64. The lowest BCUT2D eigenvalue weighted by Gasteiger charge is -2.26. The smallest absolute Gasteiger partial charge is 0.259 e. The Bertz CT molecular complexity index is 554. The molecule has 0 aliphatic heterocycles. The molecule has 0 atom stereocenters. The molecular weight excluding hydrogens is 263 g/mol. The average molecular weight is 278 g/mol. The van der Waals surface area contributed by atoms with Crippen molar-refractivity contribution in [2.45, 2.75) is 26.4 Å². The lowest BCUT2D eigenvalue weighted by Crippen LogP contribution is -2.36. The second kappa shape index (κ2) is 5.93. The van der Waals surface area contributed by atoms with Crippen molar-refractivity contribution in [3.8, 4) is 0 Å². The van der Waals surface area contributed by atoms with Crippen LogP contribution in [0.2, 0.25) is 0 Å². The molecule has 5 heteroatoms. The van der Waals surface area contributed by atoms with Crippen molar-refractivity contribution in [1.29, 1.82) is 0 Å². The summed E-state index contributed by atoms with van der Waals surface area (Å²) in [5.41, 5.74) is 0.0211. The van der Waals surface area contributed by atoms with Crippen LogP contribution in [0.25, 0.3) is 0 Å². The SMILES string of the molecule is CC(C)N(Cc1cccs1)C(=O)c1cccnc1F. The highest BCUT2D eigenvalue weighted by atomic mass is 32.1. The Morgan fingerprint density at radius 2 is 2.21 bits per heavy atom. The molecule has 2 heterocycles. The molecule has 2 aromatic heterocycles. The van der Waals surface area contributed by atoms with E-state index in [4.69, 9.17) is 0 Å². The van der Waals surface area contributed by atoms with Gasteiger partial charge in [-0.05, 0) is 37.4 Å². The van der Waals surface area contributed by atoms with Crippen LogP contribution in [0.3, 0.4) is 0 Å². The van der Waals surface area contributed by atoms with Crippen LogP contribution in [0.15, 0.2) is 35.8 Å². The number of hydrogen-bond acceptors (Lipinski definition) is 3. The number of thiophene rings is 1. The summed E-state index contributed by atoms with van der Waals surface area (Å²) in [5.74, 6) is -1.04. The van der Waals surface area contributed by atoms with E-state index in [1.54, 1.807) is 22.3 Å². The largest absolute Gasteiger partial charge is 0.331 e. The van der Waals surface area contributed by atoms with Gasteiger partial charge in [0.2, 0.25) is 5.95 Å². The van der Waals surface area contributed by atoms with Gasteiger partial charge in [-0.3, -0.25) is 4.79 Å². The van der Waals surface area contributed by atoms with Gasteiger partial charge in [0.15, 0.2) is 0 Å². The van der Waals surface area contributed by atoms with Crippen LogP contribution in [0.5, 0.6) is 0 Å². The number of pyridine rings is 1. The summed E-state index contributed by atoms with van der Waals surface area (Å²) in [4.78, 5) is 18.6. The summed E-state index contributed by atoms with van der Waals surface area (Å²) in [6.07, 6.45) is 1.34. The molecule has 2 rings (SSSR count). The molecule has 2 aromatic rings. The predicted octanol–water partition coefficient (Wildman–Crippen LogP) is 3.33. The topological polar surface area (TPSA) is 33.2 Å². The highest BCUT2D eigenvalue weighted by molar-refractivity contribution is 7.09. The first kappa shape index (κ1) is 13.7. The molecule has 0 aromatic carbocycles. The molecule has 19 heavy (non-hydrogen) atoms. The Morgan fingerprint density at radius 1 is 1.42 bits per heavy atom.